The predicted octanol–water partition coefficient (Wildman–Crippen LogP) is 4.85. The number of carbonyl (C=O) groups excluding carboxylic acids is 1. The van der Waals surface area contributed by atoms with Gasteiger partial charge in [0.15, 0.2) is 5.78 Å². The summed E-state index contributed by atoms with van der Waals surface area (Å²) in [4.78, 5) is 13.0. The van der Waals surface area contributed by atoms with Crippen molar-refractivity contribution in [1.29, 1.82) is 0 Å². The molecule has 126 valence electrons. The summed E-state index contributed by atoms with van der Waals surface area (Å²) < 4.78 is 0. The van der Waals surface area contributed by atoms with Gasteiger partial charge in [-0.05, 0) is 28.7 Å². The van der Waals surface area contributed by atoms with Crippen molar-refractivity contribution in [3.8, 4) is 0 Å². The number of Topliss-reactive ketones (excluding diaryl/α,β-unsaturated/α-hetero) is 1. The van der Waals surface area contributed by atoms with Crippen molar-refractivity contribution in [2.45, 2.75) is 33.6 Å². The summed E-state index contributed by atoms with van der Waals surface area (Å²) in [6.07, 6.45) is 1.28. The third-order valence-electron chi connectivity index (χ3n) is 4.80. The molecule has 0 bridgehead atoms. The molecule has 2 aromatic carbocycles. The molecule has 0 unspecified atom stereocenters. The van der Waals surface area contributed by atoms with E-state index < -0.39 is 5.41 Å². The molecular formula is C22H23O2U+. The molecule has 3 heteroatoms. The number of fused-ring (bicyclic) bond motifs is 1. The third kappa shape index (κ3) is 3.70. The largest absolute Gasteiger partial charge is 2.00 e. The Balaban J connectivity index is 0.00000225. The molecule has 0 fully saturated rings. The van der Waals surface area contributed by atoms with E-state index in [1.165, 1.54) is 6.61 Å². The zero-order chi connectivity index (χ0) is 17.3. The van der Waals surface area contributed by atoms with E-state index in [2.05, 4.69) is 19.1 Å². The maximum absolute atomic E-state index is 13.0. The van der Waals surface area contributed by atoms with E-state index in [4.69, 9.17) is 0 Å². The molecule has 0 atom stereocenters. The van der Waals surface area contributed by atoms with Gasteiger partial charge in [0.2, 0.25) is 0 Å². The average Bonchev–Trinajstić information content (AvgIpc) is 2.60. The van der Waals surface area contributed by atoms with Crippen LogP contribution in [0.5, 0.6) is 0 Å². The Labute approximate surface area is 173 Å². The fraction of sp³-hybridized carbons (Fsp3) is 0.273. The average molecular weight is 557 g/mol. The zero-order valence-corrected chi connectivity index (χ0v) is 19.1. The molecule has 1 aliphatic carbocycles. The van der Waals surface area contributed by atoms with E-state index in [1.54, 1.807) is 0 Å². The number of aliphatic hydroxyl groups is 1. The van der Waals surface area contributed by atoms with Crippen LogP contribution < -0.4 is 0 Å². The second kappa shape index (κ2) is 8.04. The molecule has 0 saturated carbocycles. The molecule has 0 amide bonds. The summed E-state index contributed by atoms with van der Waals surface area (Å²) >= 11 is 0. The normalized spacial score (nSPS) is 14.2. The van der Waals surface area contributed by atoms with Crippen molar-refractivity contribution >= 4 is 16.9 Å². The first kappa shape index (κ1) is 20.2. The summed E-state index contributed by atoms with van der Waals surface area (Å²) in [5, 5.41) is 9.88. The Morgan fingerprint density at radius 1 is 1.04 bits per heavy atom. The number of benzene rings is 2. The summed E-state index contributed by atoms with van der Waals surface area (Å²) in [6, 6.07) is 16.1. The maximum atomic E-state index is 13.0. The molecule has 0 radical (unpaired) electrons. The number of carbonyl (C=O) groups is 1. The van der Waals surface area contributed by atoms with Crippen LogP contribution in [0.3, 0.4) is 0 Å². The predicted molar refractivity (Wildman–Crippen MR) is 97.8 cm³/mol. The van der Waals surface area contributed by atoms with Crippen molar-refractivity contribution in [2.75, 3.05) is 0 Å². The molecule has 0 saturated heterocycles. The Morgan fingerprint density at radius 3 is 2.28 bits per heavy atom. The maximum Gasteiger partial charge on any atom is 2.00 e. The van der Waals surface area contributed by atoms with Crippen LogP contribution in [0.2, 0.25) is 0 Å². The van der Waals surface area contributed by atoms with Crippen molar-refractivity contribution in [2.24, 2.45) is 5.41 Å². The van der Waals surface area contributed by atoms with E-state index >= 15 is 0 Å². The van der Waals surface area contributed by atoms with Crippen LogP contribution >= 0.6 is 0 Å². The van der Waals surface area contributed by atoms with Gasteiger partial charge < -0.3 is 5.11 Å². The zero-order valence-electron chi connectivity index (χ0n) is 15.0. The number of ketones is 1. The van der Waals surface area contributed by atoms with Crippen LogP contribution in [-0.4, -0.2) is 10.9 Å². The Morgan fingerprint density at radius 2 is 1.64 bits per heavy atom. The number of rotatable bonds is 4. The first-order chi connectivity index (χ1) is 11.5. The standard InChI is InChI=1S/C22H23O2.U/c1-4-15-9-5-7-11-17(15)20-19(24)13-16-10-6-8-12-18(16)21(20)22(2,3)14-23;/h5-12,14,23H,4,13H2,1-3H3;/q-1;+2. The van der Waals surface area contributed by atoms with Gasteiger partial charge in [0.05, 0.1) is 0 Å². The number of allylic oxidation sites excluding steroid dienone is 1. The smallest absolute Gasteiger partial charge is 0.565 e. The molecule has 3 rings (SSSR count). The minimum atomic E-state index is -0.609. The molecule has 2 aromatic rings. The van der Waals surface area contributed by atoms with E-state index in [-0.39, 0.29) is 36.9 Å². The fourth-order valence-electron chi connectivity index (χ4n) is 3.54. The second-order valence-corrected chi connectivity index (χ2v) is 6.87. The minimum Gasteiger partial charge on any atom is -0.565 e. The second-order valence-electron chi connectivity index (χ2n) is 6.87. The fourth-order valence-corrected chi connectivity index (χ4v) is 3.54. The number of hydrogen-bond donors (Lipinski definition) is 1. The third-order valence-corrected chi connectivity index (χ3v) is 4.80. The Kier molecular flexibility index (Phi) is 6.49. The van der Waals surface area contributed by atoms with E-state index in [0.717, 1.165) is 39.8 Å². The van der Waals surface area contributed by atoms with Crippen LogP contribution in [-0.2, 0) is 17.6 Å². The van der Waals surface area contributed by atoms with Gasteiger partial charge in [0, 0.05) is 12.0 Å². The van der Waals surface area contributed by atoms with Gasteiger partial charge >= 0.3 is 31.1 Å². The molecule has 25 heavy (non-hydrogen) atoms. The van der Waals surface area contributed by atoms with Gasteiger partial charge in [-0.2, -0.15) is 0 Å². The topological polar surface area (TPSA) is 37.3 Å². The van der Waals surface area contributed by atoms with Gasteiger partial charge in [0.1, 0.15) is 0 Å². The van der Waals surface area contributed by atoms with Crippen LogP contribution in [0.1, 0.15) is 43.0 Å². The first-order valence-electron chi connectivity index (χ1n) is 8.42. The van der Waals surface area contributed by atoms with Gasteiger partial charge in [-0.25, -0.2) is 6.61 Å². The van der Waals surface area contributed by atoms with E-state index in [1.807, 2.05) is 50.2 Å². The van der Waals surface area contributed by atoms with Crippen LogP contribution in [0, 0.1) is 43.1 Å². The van der Waals surface area contributed by atoms with Crippen LogP contribution in [0.25, 0.3) is 11.1 Å². The molecule has 1 N–H and O–H groups in total. The molecule has 0 aliphatic heterocycles. The SMILES string of the molecule is CCc1ccccc1C1=C(C(C)(C)[CH-]O)c2ccccc2CC1=O.[U+2]. The Bertz CT molecular complexity index is 818. The van der Waals surface area contributed by atoms with Gasteiger partial charge in [-0.15, -0.1) is 5.41 Å². The molecule has 0 spiro atoms. The summed E-state index contributed by atoms with van der Waals surface area (Å²) in [5.74, 6) is 0.125. The molecule has 1 aliphatic rings. The quantitative estimate of drug-likeness (QED) is 0.547. The molecular weight excluding hydrogens is 534 g/mol. The molecule has 2 nitrogen and oxygen atoms in total. The first-order valence-corrected chi connectivity index (χ1v) is 8.42. The molecule has 0 heterocycles. The van der Waals surface area contributed by atoms with Crippen molar-refractivity contribution in [3.63, 3.8) is 0 Å². The van der Waals surface area contributed by atoms with Crippen molar-refractivity contribution in [3.05, 3.63) is 77.4 Å². The summed E-state index contributed by atoms with van der Waals surface area (Å²) in [6.45, 7) is 7.20. The molecule has 0 aromatic heterocycles. The number of aliphatic hydroxyl groups excluding tert-OH is 1. The van der Waals surface area contributed by atoms with E-state index in [0.29, 0.717) is 6.42 Å². The van der Waals surface area contributed by atoms with Crippen molar-refractivity contribution in [1.82, 2.24) is 0 Å². The monoisotopic (exact) mass is 557 g/mol. The summed E-state index contributed by atoms with van der Waals surface area (Å²) in [5.41, 5.74) is 5.30. The van der Waals surface area contributed by atoms with Crippen LogP contribution in [0.15, 0.2) is 48.5 Å². The summed E-state index contributed by atoms with van der Waals surface area (Å²) in [7, 11) is 0. The minimum absolute atomic E-state index is 0. The van der Waals surface area contributed by atoms with Crippen molar-refractivity contribution < 1.29 is 41.0 Å². The van der Waals surface area contributed by atoms with Gasteiger partial charge in [0.25, 0.3) is 0 Å². The Hall–Kier alpha value is -1.14. The number of aryl methyl sites for hydroxylation is 1. The van der Waals surface area contributed by atoms with Gasteiger partial charge in [-0.3, -0.25) is 4.79 Å². The number of hydrogen-bond acceptors (Lipinski definition) is 2. The van der Waals surface area contributed by atoms with Gasteiger partial charge in [-0.1, -0.05) is 74.9 Å². The van der Waals surface area contributed by atoms with Crippen LogP contribution in [0.4, 0.5) is 0 Å². The van der Waals surface area contributed by atoms with E-state index in [9.17, 15) is 9.90 Å².